The summed E-state index contributed by atoms with van der Waals surface area (Å²) in [5.74, 6) is -2.22. The first-order chi connectivity index (χ1) is 18.6. The van der Waals surface area contributed by atoms with Crippen LogP contribution < -0.4 is 21.7 Å². The average Bonchev–Trinajstić information content (AvgIpc) is 3.45. The van der Waals surface area contributed by atoms with Gasteiger partial charge in [0.05, 0.1) is 31.1 Å². The van der Waals surface area contributed by atoms with E-state index in [-0.39, 0.29) is 89.8 Å². The van der Waals surface area contributed by atoms with E-state index >= 15 is 0 Å². The predicted octanol–water partition coefficient (Wildman–Crippen LogP) is -0.896. The average molecular weight is 565 g/mol. The number of thioether (sulfide) groups is 1. The minimum Gasteiger partial charge on any atom is -0.477 e. The van der Waals surface area contributed by atoms with Crippen molar-refractivity contribution in [3.05, 3.63) is 10.6 Å². The molecule has 6 N–H and O–H groups in total. The standard InChI is InChI=1S/C26H40N6O6S/c1-13(8-16(33)11-28-3)20-21-14(2)23(22(26(37)38)32(21)25(20)36)39-17-9-18(29-12-17)24(35)31-6-4-15(5-7-31)30-19(34)10-27/h13-15,17-18,20-21,28-29H,4-12,27H2,1-3H3,(H,30,34)(H,37,38)/t13-,14+,17-,18-,20+,21-/m0/s1. The Morgan fingerprint density at radius 1 is 1.23 bits per heavy atom. The zero-order valence-electron chi connectivity index (χ0n) is 22.8. The van der Waals surface area contributed by atoms with Crippen LogP contribution in [0.2, 0.25) is 0 Å². The summed E-state index contributed by atoms with van der Waals surface area (Å²) in [4.78, 5) is 66.1. The molecule has 0 aromatic heterocycles. The van der Waals surface area contributed by atoms with Gasteiger partial charge in [0, 0.05) is 48.2 Å². The van der Waals surface area contributed by atoms with Crippen molar-refractivity contribution in [2.45, 2.75) is 62.9 Å². The summed E-state index contributed by atoms with van der Waals surface area (Å²) < 4.78 is 0. The molecule has 13 heteroatoms. The number of nitrogens with zero attached hydrogens (tertiary/aromatic N) is 2. The normalized spacial score (nSPS) is 29.7. The second-order valence-electron chi connectivity index (χ2n) is 11.1. The van der Waals surface area contributed by atoms with Crippen LogP contribution in [0.3, 0.4) is 0 Å². The Morgan fingerprint density at radius 3 is 2.54 bits per heavy atom. The van der Waals surface area contributed by atoms with Gasteiger partial charge < -0.3 is 36.6 Å². The van der Waals surface area contributed by atoms with Crippen LogP contribution in [0.1, 0.15) is 39.5 Å². The third-order valence-electron chi connectivity index (χ3n) is 8.37. The highest BCUT2D eigenvalue weighted by atomic mass is 32.2. The molecule has 3 fully saturated rings. The Labute approximate surface area is 232 Å². The lowest BCUT2D eigenvalue weighted by Crippen LogP contribution is -2.62. The highest BCUT2D eigenvalue weighted by molar-refractivity contribution is 8.03. The molecule has 0 aromatic rings. The molecule has 4 heterocycles. The summed E-state index contributed by atoms with van der Waals surface area (Å²) in [6.45, 7) is 5.71. The number of likely N-dealkylation sites (tertiary alicyclic amines) is 1. The van der Waals surface area contributed by atoms with E-state index < -0.39 is 5.97 Å². The van der Waals surface area contributed by atoms with Gasteiger partial charge >= 0.3 is 5.97 Å². The van der Waals surface area contributed by atoms with Crippen LogP contribution in [-0.2, 0) is 24.0 Å². The minimum absolute atomic E-state index is 0.00554. The van der Waals surface area contributed by atoms with Gasteiger partial charge in [-0.25, -0.2) is 4.79 Å². The van der Waals surface area contributed by atoms with E-state index in [1.54, 1.807) is 7.05 Å². The topological polar surface area (TPSA) is 174 Å². The number of fused-ring (bicyclic) bond motifs is 1. The number of amides is 3. The Morgan fingerprint density at radius 2 is 1.92 bits per heavy atom. The van der Waals surface area contributed by atoms with E-state index in [4.69, 9.17) is 5.73 Å². The van der Waals surface area contributed by atoms with Gasteiger partial charge in [0.2, 0.25) is 17.7 Å². The SMILES string of the molecule is CNCC(=O)C[C@H](C)[C@H]1C(=O)N2C(C(=O)O)=C(S[C@@H]3CN[C@H](C(=O)N4CCC(NC(=O)CN)CC4)C3)[C@H](C)[C@@H]12. The smallest absolute Gasteiger partial charge is 0.353 e. The molecule has 4 aliphatic heterocycles. The fraction of sp³-hybridized carbons (Fsp3) is 0.731. The molecule has 0 bridgehead atoms. The molecule has 3 saturated heterocycles. The number of β-lactam (4-membered cyclic amide) rings is 1. The summed E-state index contributed by atoms with van der Waals surface area (Å²) >= 11 is 1.46. The lowest BCUT2D eigenvalue weighted by Gasteiger charge is -2.47. The maximum atomic E-state index is 13.2. The number of hydrogen-bond acceptors (Lipinski definition) is 9. The first kappa shape index (κ1) is 29.5. The highest BCUT2D eigenvalue weighted by Gasteiger charge is 2.60. The molecule has 12 nitrogen and oxygen atoms in total. The lowest BCUT2D eigenvalue weighted by atomic mass is 9.73. The van der Waals surface area contributed by atoms with Crippen LogP contribution in [-0.4, -0.2) is 108 Å². The van der Waals surface area contributed by atoms with Crippen molar-refractivity contribution in [3.8, 4) is 0 Å². The van der Waals surface area contributed by atoms with Gasteiger partial charge in [-0.3, -0.25) is 19.2 Å². The van der Waals surface area contributed by atoms with Crippen molar-refractivity contribution in [2.75, 3.05) is 39.8 Å². The first-order valence-electron chi connectivity index (χ1n) is 13.7. The van der Waals surface area contributed by atoms with Gasteiger partial charge in [-0.2, -0.15) is 0 Å². The van der Waals surface area contributed by atoms with E-state index in [1.165, 1.54) is 16.7 Å². The number of aliphatic carboxylic acids is 1. The largest absolute Gasteiger partial charge is 0.477 e. The Balaban J connectivity index is 1.35. The van der Waals surface area contributed by atoms with E-state index in [1.807, 2.05) is 18.7 Å². The molecule has 0 aromatic carbocycles. The molecule has 39 heavy (non-hydrogen) atoms. The number of nitrogens with two attached hydrogens (primary N) is 1. The Kier molecular flexibility index (Phi) is 9.35. The van der Waals surface area contributed by atoms with Gasteiger partial charge in [0.25, 0.3) is 0 Å². The van der Waals surface area contributed by atoms with E-state index in [0.29, 0.717) is 43.8 Å². The molecule has 4 aliphatic rings. The molecular formula is C26H40N6O6S. The zero-order valence-corrected chi connectivity index (χ0v) is 23.6. The molecule has 0 radical (unpaired) electrons. The number of carboxylic acid groups (broad SMARTS) is 1. The number of hydrogen-bond donors (Lipinski definition) is 5. The monoisotopic (exact) mass is 564 g/mol. The summed E-state index contributed by atoms with van der Waals surface area (Å²) in [6.07, 6.45) is 2.19. The van der Waals surface area contributed by atoms with Crippen molar-refractivity contribution in [1.29, 1.82) is 0 Å². The molecule has 0 unspecified atom stereocenters. The minimum atomic E-state index is -1.12. The maximum Gasteiger partial charge on any atom is 0.353 e. The van der Waals surface area contributed by atoms with Crippen LogP contribution in [0.15, 0.2) is 10.6 Å². The molecule has 6 atom stereocenters. The number of nitrogens with one attached hydrogen (secondary N) is 3. The summed E-state index contributed by atoms with van der Waals surface area (Å²) in [5, 5.41) is 19.0. The number of carboxylic acids is 1. The maximum absolute atomic E-state index is 13.2. The molecule has 0 saturated carbocycles. The molecule has 216 valence electrons. The number of Topliss-reactive ketones (excluding diaryl/α,β-unsaturated/α-hetero) is 1. The Hall–Kier alpha value is -2.48. The fourth-order valence-corrected chi connectivity index (χ4v) is 7.91. The van der Waals surface area contributed by atoms with Crippen LogP contribution in [0.4, 0.5) is 0 Å². The van der Waals surface area contributed by atoms with Gasteiger partial charge in [-0.05, 0) is 32.2 Å². The van der Waals surface area contributed by atoms with Crippen molar-refractivity contribution in [3.63, 3.8) is 0 Å². The number of ketones is 1. The number of carbonyl (C=O) groups is 5. The number of carbonyl (C=O) groups excluding carboxylic acids is 4. The van der Waals surface area contributed by atoms with Crippen molar-refractivity contribution >= 4 is 41.2 Å². The van der Waals surface area contributed by atoms with Gasteiger partial charge in [0.15, 0.2) is 0 Å². The van der Waals surface area contributed by atoms with Gasteiger partial charge in [0.1, 0.15) is 11.5 Å². The van der Waals surface area contributed by atoms with Crippen molar-refractivity contribution in [2.24, 2.45) is 23.5 Å². The predicted molar refractivity (Wildman–Crippen MR) is 145 cm³/mol. The number of rotatable bonds is 11. The number of piperidine rings is 1. The van der Waals surface area contributed by atoms with Crippen molar-refractivity contribution < 1.29 is 29.1 Å². The fourth-order valence-electron chi connectivity index (χ4n) is 6.43. The molecule has 3 amide bonds. The van der Waals surface area contributed by atoms with Crippen LogP contribution in [0.5, 0.6) is 0 Å². The summed E-state index contributed by atoms with van der Waals surface area (Å²) in [5.41, 5.74) is 5.41. The second-order valence-corrected chi connectivity index (χ2v) is 12.4. The molecule has 0 aliphatic carbocycles. The molecular weight excluding hydrogens is 524 g/mol. The summed E-state index contributed by atoms with van der Waals surface area (Å²) in [6, 6.07) is -0.597. The summed E-state index contributed by atoms with van der Waals surface area (Å²) in [7, 11) is 1.70. The Bertz CT molecular complexity index is 1040. The van der Waals surface area contributed by atoms with Gasteiger partial charge in [-0.1, -0.05) is 13.8 Å². The van der Waals surface area contributed by atoms with Crippen LogP contribution in [0.25, 0.3) is 0 Å². The van der Waals surface area contributed by atoms with E-state index in [9.17, 15) is 29.1 Å². The van der Waals surface area contributed by atoms with E-state index in [2.05, 4.69) is 16.0 Å². The highest BCUT2D eigenvalue weighted by Crippen LogP contribution is 2.53. The number of likely N-dealkylation sites (N-methyl/N-ethyl adjacent to an activating group) is 1. The van der Waals surface area contributed by atoms with Crippen LogP contribution in [0, 0.1) is 17.8 Å². The van der Waals surface area contributed by atoms with Crippen molar-refractivity contribution in [1.82, 2.24) is 25.8 Å². The third-order valence-corrected chi connectivity index (χ3v) is 9.88. The third kappa shape index (κ3) is 6.01. The lowest BCUT2D eigenvalue weighted by molar-refractivity contribution is -0.160. The molecule has 4 rings (SSSR count). The van der Waals surface area contributed by atoms with Crippen LogP contribution >= 0.6 is 11.8 Å². The quantitative estimate of drug-likeness (QED) is 0.198. The first-order valence-corrected chi connectivity index (χ1v) is 14.6. The van der Waals surface area contributed by atoms with Gasteiger partial charge in [-0.15, -0.1) is 11.8 Å². The zero-order chi connectivity index (χ0) is 28.4. The van der Waals surface area contributed by atoms with E-state index in [0.717, 1.165) is 0 Å². The second kappa shape index (κ2) is 12.4. The molecule has 0 spiro atoms.